The molecule has 172 valence electrons. The quantitative estimate of drug-likeness (QED) is 0.683. The van der Waals surface area contributed by atoms with Gasteiger partial charge in [-0.2, -0.15) is 0 Å². The van der Waals surface area contributed by atoms with Crippen molar-refractivity contribution in [1.29, 1.82) is 0 Å². The molecule has 2 aliphatic rings. The van der Waals surface area contributed by atoms with Crippen LogP contribution in [0.15, 0.2) is 47.4 Å². The molecule has 2 saturated heterocycles. The van der Waals surface area contributed by atoms with E-state index in [2.05, 4.69) is 14.5 Å². The fourth-order valence-corrected chi connectivity index (χ4v) is 5.78. The molecule has 4 rings (SSSR count). The van der Waals surface area contributed by atoms with Gasteiger partial charge in [-0.1, -0.05) is 24.1 Å². The average Bonchev–Trinajstić information content (AvgIpc) is 2.80. The number of aryl methyl sites for hydroxylation is 1. The summed E-state index contributed by atoms with van der Waals surface area (Å²) in [6.07, 6.45) is 5.88. The van der Waals surface area contributed by atoms with Gasteiger partial charge in [0.05, 0.1) is 16.1 Å². The molecule has 0 unspecified atom stereocenters. The Morgan fingerprint density at radius 2 is 1.62 bits per heavy atom. The highest BCUT2D eigenvalue weighted by Crippen LogP contribution is 2.30. The van der Waals surface area contributed by atoms with Crippen LogP contribution in [0.1, 0.15) is 48.0 Å². The van der Waals surface area contributed by atoms with E-state index in [1.165, 1.54) is 50.6 Å². The van der Waals surface area contributed by atoms with E-state index in [1.807, 2.05) is 6.92 Å². The first kappa shape index (κ1) is 22.6. The predicted molar refractivity (Wildman–Crippen MR) is 126 cm³/mol. The molecular weight excluding hydrogens is 426 g/mol. The number of nitrogens with one attached hydrogen (secondary N) is 1. The Morgan fingerprint density at radius 1 is 0.969 bits per heavy atom. The number of nitrogens with zero attached hydrogens (tertiary/aromatic N) is 2. The summed E-state index contributed by atoms with van der Waals surface area (Å²) < 4.78 is 27.9. The van der Waals surface area contributed by atoms with E-state index in [0.29, 0.717) is 11.7 Å². The van der Waals surface area contributed by atoms with Crippen LogP contribution >= 0.6 is 0 Å². The zero-order chi connectivity index (χ0) is 22.7. The van der Waals surface area contributed by atoms with Crippen molar-refractivity contribution in [3.05, 3.63) is 53.6 Å². The van der Waals surface area contributed by atoms with Crippen LogP contribution in [0, 0.1) is 6.92 Å². The van der Waals surface area contributed by atoms with Crippen molar-refractivity contribution in [2.45, 2.75) is 50.0 Å². The Hall–Kier alpha value is -2.58. The highest BCUT2D eigenvalue weighted by atomic mass is 32.2. The summed E-state index contributed by atoms with van der Waals surface area (Å²) in [6.45, 7) is 5.82. The summed E-state index contributed by atoms with van der Waals surface area (Å²) in [6, 6.07) is 11.9. The van der Waals surface area contributed by atoms with Crippen molar-refractivity contribution in [1.82, 2.24) is 4.90 Å². The molecular formula is C24H31N3O4S. The molecule has 0 amide bonds. The number of rotatable bonds is 6. The van der Waals surface area contributed by atoms with Crippen LogP contribution in [0.2, 0.25) is 0 Å². The van der Waals surface area contributed by atoms with Crippen LogP contribution in [0.4, 0.5) is 11.4 Å². The summed E-state index contributed by atoms with van der Waals surface area (Å²) in [5.74, 6) is -1.06. The summed E-state index contributed by atoms with van der Waals surface area (Å²) in [4.78, 5) is 16.8. The molecule has 32 heavy (non-hydrogen) atoms. The summed E-state index contributed by atoms with van der Waals surface area (Å²) in [5, 5.41) is 9.81. The number of hydrogen-bond donors (Lipinski definition) is 2. The molecule has 2 aliphatic heterocycles. The number of likely N-dealkylation sites (tertiary alicyclic amines) is 1. The van der Waals surface area contributed by atoms with E-state index in [9.17, 15) is 18.3 Å². The van der Waals surface area contributed by atoms with Gasteiger partial charge in [0.1, 0.15) is 0 Å². The van der Waals surface area contributed by atoms with Crippen LogP contribution in [-0.2, 0) is 10.0 Å². The van der Waals surface area contributed by atoms with Gasteiger partial charge in [-0.3, -0.25) is 4.72 Å². The maximum absolute atomic E-state index is 12.7. The largest absolute Gasteiger partial charge is 0.478 e. The number of aromatic carboxylic acids is 1. The van der Waals surface area contributed by atoms with Gasteiger partial charge in [0.15, 0.2) is 0 Å². The van der Waals surface area contributed by atoms with Crippen molar-refractivity contribution >= 4 is 27.4 Å². The second-order valence-electron chi connectivity index (χ2n) is 8.77. The van der Waals surface area contributed by atoms with Crippen LogP contribution in [0.25, 0.3) is 0 Å². The molecule has 0 atom stereocenters. The fourth-order valence-electron chi connectivity index (χ4n) is 4.73. The molecule has 2 aromatic rings. The van der Waals surface area contributed by atoms with Gasteiger partial charge in [0.2, 0.25) is 0 Å². The molecule has 0 radical (unpaired) electrons. The van der Waals surface area contributed by atoms with Crippen LogP contribution in [0.5, 0.6) is 0 Å². The minimum atomic E-state index is -3.79. The second kappa shape index (κ2) is 9.50. The predicted octanol–water partition coefficient (Wildman–Crippen LogP) is 3.95. The van der Waals surface area contributed by atoms with Gasteiger partial charge < -0.3 is 14.9 Å². The van der Waals surface area contributed by atoms with Crippen molar-refractivity contribution in [3.8, 4) is 0 Å². The number of piperidine rings is 2. The average molecular weight is 458 g/mol. The van der Waals surface area contributed by atoms with Crippen LogP contribution in [-0.4, -0.2) is 56.6 Å². The minimum absolute atomic E-state index is 0.116. The normalized spacial score (nSPS) is 18.5. The van der Waals surface area contributed by atoms with Crippen molar-refractivity contribution in [2.24, 2.45) is 0 Å². The van der Waals surface area contributed by atoms with E-state index >= 15 is 0 Å². The van der Waals surface area contributed by atoms with Crippen molar-refractivity contribution < 1.29 is 18.3 Å². The number of carboxylic acid groups (broad SMARTS) is 1. The molecule has 8 heteroatoms. The maximum Gasteiger partial charge on any atom is 0.337 e. The van der Waals surface area contributed by atoms with E-state index < -0.39 is 16.0 Å². The van der Waals surface area contributed by atoms with Gasteiger partial charge in [-0.05, 0) is 76.0 Å². The third-order valence-corrected chi connectivity index (χ3v) is 7.92. The molecule has 2 aromatic carbocycles. The lowest BCUT2D eigenvalue weighted by molar-refractivity contribution is 0.0697. The molecule has 2 heterocycles. The molecule has 0 spiro atoms. The van der Waals surface area contributed by atoms with Crippen molar-refractivity contribution in [3.63, 3.8) is 0 Å². The monoisotopic (exact) mass is 457 g/mol. The Balaban J connectivity index is 1.49. The lowest BCUT2D eigenvalue weighted by Crippen LogP contribution is -2.47. The van der Waals surface area contributed by atoms with E-state index in [0.717, 1.165) is 31.5 Å². The third-order valence-electron chi connectivity index (χ3n) is 6.52. The van der Waals surface area contributed by atoms with E-state index in [4.69, 9.17) is 0 Å². The lowest BCUT2D eigenvalue weighted by Gasteiger charge is -2.41. The first-order valence-electron chi connectivity index (χ1n) is 11.3. The number of carboxylic acids is 1. The number of benzene rings is 2. The van der Waals surface area contributed by atoms with Crippen LogP contribution < -0.4 is 9.62 Å². The topological polar surface area (TPSA) is 90.0 Å². The van der Waals surface area contributed by atoms with E-state index in [-0.39, 0.29) is 16.1 Å². The zero-order valence-corrected chi connectivity index (χ0v) is 19.3. The SMILES string of the molecule is Cc1ccc(S(=O)(=O)Nc2ccc(N3CCC(N4CCCCC4)CC3)c(C(=O)O)c2)cc1. The van der Waals surface area contributed by atoms with E-state index in [1.54, 1.807) is 24.3 Å². The highest BCUT2D eigenvalue weighted by Gasteiger charge is 2.27. The number of hydrogen-bond acceptors (Lipinski definition) is 5. The van der Waals surface area contributed by atoms with Gasteiger partial charge in [0.25, 0.3) is 10.0 Å². The lowest BCUT2D eigenvalue weighted by atomic mass is 9.98. The number of sulfonamides is 1. The first-order chi connectivity index (χ1) is 15.3. The molecule has 0 aliphatic carbocycles. The molecule has 0 aromatic heterocycles. The minimum Gasteiger partial charge on any atom is -0.478 e. The summed E-state index contributed by atoms with van der Waals surface area (Å²) >= 11 is 0. The molecule has 0 bridgehead atoms. The van der Waals surface area contributed by atoms with Gasteiger partial charge in [0, 0.05) is 24.8 Å². The Bertz CT molecular complexity index is 1060. The maximum atomic E-state index is 12.7. The van der Waals surface area contributed by atoms with Crippen LogP contribution in [0.3, 0.4) is 0 Å². The Kier molecular flexibility index (Phi) is 6.71. The fraction of sp³-hybridized carbons (Fsp3) is 0.458. The number of carbonyl (C=O) groups is 1. The van der Waals surface area contributed by atoms with Gasteiger partial charge >= 0.3 is 5.97 Å². The van der Waals surface area contributed by atoms with Gasteiger partial charge in [-0.15, -0.1) is 0 Å². The zero-order valence-electron chi connectivity index (χ0n) is 18.5. The molecule has 7 nitrogen and oxygen atoms in total. The third kappa shape index (κ3) is 5.07. The smallest absolute Gasteiger partial charge is 0.337 e. The molecule has 2 N–H and O–H groups in total. The molecule has 2 fully saturated rings. The van der Waals surface area contributed by atoms with Gasteiger partial charge in [-0.25, -0.2) is 13.2 Å². The van der Waals surface area contributed by atoms with Crippen molar-refractivity contribution in [2.75, 3.05) is 35.8 Å². The Morgan fingerprint density at radius 3 is 2.25 bits per heavy atom. The summed E-state index contributed by atoms with van der Waals surface area (Å²) in [5.41, 5.74) is 1.97. The molecule has 0 saturated carbocycles. The second-order valence-corrected chi connectivity index (χ2v) is 10.5. The highest BCUT2D eigenvalue weighted by molar-refractivity contribution is 7.92. The standard InChI is InChI=1S/C24H31N3O4S/c1-18-5-8-21(9-6-18)32(30,31)25-19-7-10-23(22(17-19)24(28)29)27-15-11-20(12-16-27)26-13-3-2-4-14-26/h5-10,17,20,25H,2-4,11-16H2,1H3,(H,28,29). The summed E-state index contributed by atoms with van der Waals surface area (Å²) in [7, 11) is -3.79. The first-order valence-corrected chi connectivity index (χ1v) is 12.8. The number of anilines is 2. The Labute approximate surface area is 190 Å².